The van der Waals surface area contributed by atoms with Gasteiger partial charge in [0.25, 0.3) is 0 Å². The Morgan fingerprint density at radius 3 is 2.72 bits per heavy atom. The maximum atomic E-state index is 12.5. The third-order valence-corrected chi connectivity index (χ3v) is 4.74. The molecule has 1 aliphatic rings. The van der Waals surface area contributed by atoms with Crippen LogP contribution in [0, 0.1) is 11.3 Å². The fraction of sp³-hybridized carbons (Fsp3) is 0.786. The summed E-state index contributed by atoms with van der Waals surface area (Å²) >= 11 is 3.37. The van der Waals surface area contributed by atoms with Crippen LogP contribution in [0.1, 0.15) is 47.0 Å². The Morgan fingerprint density at radius 2 is 2.22 bits per heavy atom. The SMILES string of the molecule is CCOC1=C(Br)C(=O)[C@](C)(CCC(C)O)[C@H](C)C1. The maximum absolute atomic E-state index is 12.5. The molecule has 0 saturated carbocycles. The topological polar surface area (TPSA) is 46.5 Å². The minimum absolute atomic E-state index is 0.102. The van der Waals surface area contributed by atoms with Crippen molar-refractivity contribution in [1.29, 1.82) is 0 Å². The molecule has 0 heterocycles. The van der Waals surface area contributed by atoms with E-state index in [0.29, 0.717) is 23.9 Å². The van der Waals surface area contributed by atoms with E-state index in [-0.39, 0.29) is 17.8 Å². The second kappa shape index (κ2) is 6.20. The molecule has 104 valence electrons. The first-order valence-electron chi connectivity index (χ1n) is 6.57. The molecule has 1 aliphatic carbocycles. The highest BCUT2D eigenvalue weighted by molar-refractivity contribution is 9.12. The van der Waals surface area contributed by atoms with Gasteiger partial charge in [0.1, 0.15) is 5.76 Å². The minimum atomic E-state index is -0.406. The minimum Gasteiger partial charge on any atom is -0.497 e. The van der Waals surface area contributed by atoms with Crippen molar-refractivity contribution in [2.45, 2.75) is 53.1 Å². The van der Waals surface area contributed by atoms with Crippen molar-refractivity contribution in [3.05, 3.63) is 10.2 Å². The second-order valence-corrected chi connectivity index (χ2v) is 6.20. The molecule has 0 aromatic rings. The van der Waals surface area contributed by atoms with E-state index in [1.165, 1.54) is 0 Å². The molecule has 0 amide bonds. The summed E-state index contributed by atoms with van der Waals surface area (Å²) in [7, 11) is 0. The summed E-state index contributed by atoms with van der Waals surface area (Å²) in [6.07, 6.45) is 1.77. The number of carbonyl (C=O) groups is 1. The molecule has 3 atom stereocenters. The zero-order chi connectivity index (χ0) is 13.9. The lowest BCUT2D eigenvalue weighted by Crippen LogP contribution is -2.39. The lowest BCUT2D eigenvalue weighted by atomic mass is 9.67. The quantitative estimate of drug-likeness (QED) is 0.845. The number of ketones is 1. The van der Waals surface area contributed by atoms with E-state index in [9.17, 15) is 9.90 Å². The molecule has 0 fully saturated rings. The molecule has 0 saturated heterocycles. The third kappa shape index (κ3) is 3.15. The van der Waals surface area contributed by atoms with E-state index >= 15 is 0 Å². The molecule has 1 N–H and O–H groups in total. The van der Waals surface area contributed by atoms with Gasteiger partial charge in [-0.1, -0.05) is 13.8 Å². The number of hydrogen-bond acceptors (Lipinski definition) is 3. The first-order chi connectivity index (χ1) is 8.32. The van der Waals surface area contributed by atoms with Crippen LogP contribution in [0.2, 0.25) is 0 Å². The molecule has 0 spiro atoms. The standard InChI is InChI=1S/C14H23BrO3/c1-5-18-11-8-9(2)14(4,7-6-10(3)16)13(17)12(11)15/h9-10,16H,5-8H2,1-4H3/t9-,10?,14-/m1/s1. The van der Waals surface area contributed by atoms with Crippen molar-refractivity contribution < 1.29 is 14.6 Å². The zero-order valence-corrected chi connectivity index (χ0v) is 13.2. The highest BCUT2D eigenvalue weighted by Crippen LogP contribution is 2.46. The highest BCUT2D eigenvalue weighted by Gasteiger charge is 2.44. The summed E-state index contributed by atoms with van der Waals surface area (Å²) in [5.74, 6) is 1.10. The maximum Gasteiger partial charge on any atom is 0.179 e. The average molecular weight is 319 g/mol. The predicted molar refractivity (Wildman–Crippen MR) is 75.4 cm³/mol. The van der Waals surface area contributed by atoms with Crippen LogP contribution in [0.3, 0.4) is 0 Å². The van der Waals surface area contributed by atoms with Crippen molar-refractivity contribution >= 4 is 21.7 Å². The zero-order valence-electron chi connectivity index (χ0n) is 11.6. The number of aliphatic hydroxyl groups is 1. The van der Waals surface area contributed by atoms with E-state index in [0.717, 1.165) is 12.2 Å². The van der Waals surface area contributed by atoms with Crippen LogP contribution in [-0.4, -0.2) is 23.6 Å². The van der Waals surface area contributed by atoms with E-state index in [4.69, 9.17) is 4.74 Å². The Hall–Kier alpha value is -0.350. The number of ether oxygens (including phenoxy) is 1. The molecule has 3 nitrogen and oxygen atoms in total. The number of halogens is 1. The Balaban J connectivity index is 2.92. The second-order valence-electron chi connectivity index (χ2n) is 5.41. The summed E-state index contributed by atoms with van der Waals surface area (Å²) < 4.78 is 6.10. The van der Waals surface area contributed by atoms with Crippen molar-refractivity contribution in [2.24, 2.45) is 11.3 Å². The summed E-state index contributed by atoms with van der Waals surface area (Å²) in [6, 6.07) is 0. The Labute approximate surface area is 118 Å². The first-order valence-corrected chi connectivity index (χ1v) is 7.36. The van der Waals surface area contributed by atoms with Crippen LogP contribution in [0.25, 0.3) is 0 Å². The van der Waals surface area contributed by atoms with E-state index in [1.807, 2.05) is 13.8 Å². The number of rotatable bonds is 5. The van der Waals surface area contributed by atoms with Crippen molar-refractivity contribution in [3.8, 4) is 0 Å². The Morgan fingerprint density at radius 1 is 1.61 bits per heavy atom. The lowest BCUT2D eigenvalue weighted by molar-refractivity contribution is -0.128. The van der Waals surface area contributed by atoms with E-state index < -0.39 is 5.41 Å². The highest BCUT2D eigenvalue weighted by atomic mass is 79.9. The van der Waals surface area contributed by atoms with Gasteiger partial charge in [0.15, 0.2) is 5.78 Å². The summed E-state index contributed by atoms with van der Waals surface area (Å²) in [5, 5.41) is 9.41. The molecule has 0 aliphatic heterocycles. The van der Waals surface area contributed by atoms with Gasteiger partial charge in [-0.05, 0) is 48.5 Å². The van der Waals surface area contributed by atoms with Gasteiger partial charge in [-0.3, -0.25) is 4.79 Å². The Kier molecular flexibility index (Phi) is 5.41. The molecular formula is C14H23BrO3. The summed E-state index contributed by atoms with van der Waals surface area (Å²) in [6.45, 7) is 8.33. The fourth-order valence-electron chi connectivity index (χ4n) is 2.36. The summed E-state index contributed by atoms with van der Waals surface area (Å²) in [5.41, 5.74) is -0.406. The van der Waals surface area contributed by atoms with Gasteiger partial charge in [0, 0.05) is 11.8 Å². The third-order valence-electron chi connectivity index (χ3n) is 3.94. The van der Waals surface area contributed by atoms with Crippen LogP contribution >= 0.6 is 15.9 Å². The monoisotopic (exact) mass is 318 g/mol. The van der Waals surface area contributed by atoms with Gasteiger partial charge in [0.2, 0.25) is 0 Å². The van der Waals surface area contributed by atoms with Crippen molar-refractivity contribution in [2.75, 3.05) is 6.61 Å². The molecule has 0 aromatic heterocycles. The Bertz CT molecular complexity index is 349. The van der Waals surface area contributed by atoms with Crippen LogP contribution in [0.4, 0.5) is 0 Å². The smallest absolute Gasteiger partial charge is 0.179 e. The number of carbonyl (C=O) groups excluding carboxylic acids is 1. The largest absolute Gasteiger partial charge is 0.497 e. The number of Topliss-reactive ketones (excluding diaryl/α,β-unsaturated/α-hetero) is 1. The molecule has 0 aromatic carbocycles. The lowest BCUT2D eigenvalue weighted by Gasteiger charge is -2.39. The van der Waals surface area contributed by atoms with E-state index in [2.05, 4.69) is 22.9 Å². The van der Waals surface area contributed by atoms with Crippen LogP contribution < -0.4 is 0 Å². The van der Waals surface area contributed by atoms with Gasteiger partial charge < -0.3 is 9.84 Å². The molecular weight excluding hydrogens is 296 g/mol. The number of hydrogen-bond donors (Lipinski definition) is 1. The van der Waals surface area contributed by atoms with Crippen molar-refractivity contribution in [1.82, 2.24) is 0 Å². The molecule has 0 radical (unpaired) electrons. The van der Waals surface area contributed by atoms with Crippen LogP contribution in [0.15, 0.2) is 10.2 Å². The average Bonchev–Trinajstić information content (AvgIpc) is 2.31. The summed E-state index contributed by atoms with van der Waals surface area (Å²) in [4.78, 5) is 12.5. The van der Waals surface area contributed by atoms with Crippen LogP contribution in [-0.2, 0) is 9.53 Å². The molecule has 1 rings (SSSR count). The van der Waals surface area contributed by atoms with Gasteiger partial charge in [-0.25, -0.2) is 0 Å². The predicted octanol–water partition coefficient (Wildman–Crippen LogP) is 3.41. The number of allylic oxidation sites excluding steroid dienone is 2. The normalized spacial score (nSPS) is 30.6. The van der Waals surface area contributed by atoms with Crippen LogP contribution in [0.5, 0.6) is 0 Å². The molecule has 1 unspecified atom stereocenters. The fourth-order valence-corrected chi connectivity index (χ4v) is 3.09. The molecule has 18 heavy (non-hydrogen) atoms. The van der Waals surface area contributed by atoms with Gasteiger partial charge >= 0.3 is 0 Å². The van der Waals surface area contributed by atoms with Gasteiger partial charge in [0.05, 0.1) is 17.2 Å². The molecule has 4 heteroatoms. The van der Waals surface area contributed by atoms with Crippen molar-refractivity contribution in [3.63, 3.8) is 0 Å². The molecule has 0 bridgehead atoms. The first kappa shape index (κ1) is 15.7. The number of aliphatic hydroxyl groups excluding tert-OH is 1. The van der Waals surface area contributed by atoms with Gasteiger partial charge in [-0.15, -0.1) is 0 Å². The van der Waals surface area contributed by atoms with E-state index in [1.54, 1.807) is 6.92 Å². The van der Waals surface area contributed by atoms with Gasteiger partial charge in [-0.2, -0.15) is 0 Å².